The van der Waals surface area contributed by atoms with Crippen molar-refractivity contribution in [3.8, 4) is 17.1 Å². The van der Waals surface area contributed by atoms with Crippen molar-refractivity contribution in [2.24, 2.45) is 5.92 Å². The normalized spacial score (nSPS) is 14.3. The lowest BCUT2D eigenvalue weighted by Crippen LogP contribution is -2.43. The van der Waals surface area contributed by atoms with Crippen molar-refractivity contribution in [3.63, 3.8) is 0 Å². The molecule has 0 bridgehead atoms. The Morgan fingerprint density at radius 3 is 2.52 bits per heavy atom. The highest BCUT2D eigenvalue weighted by Crippen LogP contribution is 2.27. The third-order valence-electron chi connectivity index (χ3n) is 5.28. The number of hydrogen-bond donors (Lipinski definition) is 1. The number of ether oxygens (including phenoxy) is 1. The second-order valence-corrected chi connectivity index (χ2v) is 7.43. The number of hydrogen-bond acceptors (Lipinski definition) is 6. The number of aromatic nitrogens is 2. The summed E-state index contributed by atoms with van der Waals surface area (Å²) in [6, 6.07) is 16.6. The molecular weight excluding hydrogens is 396 g/mol. The molecule has 0 unspecified atom stereocenters. The van der Waals surface area contributed by atoms with Crippen molar-refractivity contribution in [1.29, 1.82) is 0 Å². The standard InChI is InChI=1S/C23H24N4O4/c1-16-24-22(26-31-16)19-9-5-6-10-20(19)25-23(29)17-11-13-27(14-12-17)21(28)15-30-18-7-3-2-4-8-18/h2-10,17H,11-15H2,1H3,(H,25,29). The van der Waals surface area contributed by atoms with Crippen LogP contribution in [0.1, 0.15) is 18.7 Å². The Labute approximate surface area is 180 Å². The van der Waals surface area contributed by atoms with Gasteiger partial charge in [0.05, 0.1) is 5.69 Å². The Bertz CT molecular complexity index is 1040. The smallest absolute Gasteiger partial charge is 0.260 e. The number of benzene rings is 2. The molecule has 3 aromatic rings. The quantitative estimate of drug-likeness (QED) is 0.657. The molecule has 8 nitrogen and oxygen atoms in total. The van der Waals surface area contributed by atoms with Crippen LogP contribution in [0, 0.1) is 12.8 Å². The summed E-state index contributed by atoms with van der Waals surface area (Å²) in [5.41, 5.74) is 1.35. The SMILES string of the molecule is Cc1nc(-c2ccccc2NC(=O)C2CCN(C(=O)COc3ccccc3)CC2)no1. The molecule has 1 aliphatic rings. The number of para-hydroxylation sites is 2. The zero-order valence-electron chi connectivity index (χ0n) is 17.3. The largest absolute Gasteiger partial charge is 0.484 e. The van der Waals surface area contributed by atoms with Crippen LogP contribution >= 0.6 is 0 Å². The average molecular weight is 420 g/mol. The van der Waals surface area contributed by atoms with Gasteiger partial charge in [0.15, 0.2) is 6.61 Å². The number of aryl methyl sites for hydroxylation is 1. The van der Waals surface area contributed by atoms with E-state index in [4.69, 9.17) is 9.26 Å². The predicted octanol–water partition coefficient (Wildman–Crippen LogP) is 3.30. The lowest BCUT2D eigenvalue weighted by Gasteiger charge is -2.31. The van der Waals surface area contributed by atoms with Gasteiger partial charge in [-0.3, -0.25) is 9.59 Å². The summed E-state index contributed by atoms with van der Waals surface area (Å²) < 4.78 is 10.6. The van der Waals surface area contributed by atoms with Crippen molar-refractivity contribution in [2.75, 3.05) is 25.0 Å². The minimum absolute atomic E-state index is 0.00162. The first-order valence-electron chi connectivity index (χ1n) is 10.3. The molecule has 8 heteroatoms. The highest BCUT2D eigenvalue weighted by molar-refractivity contribution is 5.96. The summed E-state index contributed by atoms with van der Waals surface area (Å²) in [7, 11) is 0. The Kier molecular flexibility index (Phi) is 6.26. The highest BCUT2D eigenvalue weighted by atomic mass is 16.5. The van der Waals surface area contributed by atoms with Gasteiger partial charge in [-0.05, 0) is 37.1 Å². The molecule has 31 heavy (non-hydrogen) atoms. The maximum absolute atomic E-state index is 12.8. The monoisotopic (exact) mass is 420 g/mol. The van der Waals surface area contributed by atoms with E-state index in [9.17, 15) is 9.59 Å². The topological polar surface area (TPSA) is 97.6 Å². The molecule has 1 aliphatic heterocycles. The van der Waals surface area contributed by atoms with E-state index in [0.29, 0.717) is 54.6 Å². The molecule has 0 radical (unpaired) electrons. The molecule has 1 saturated heterocycles. The van der Waals surface area contributed by atoms with Crippen LogP contribution in [-0.2, 0) is 9.59 Å². The van der Waals surface area contributed by atoms with Crippen molar-refractivity contribution < 1.29 is 18.8 Å². The number of piperidine rings is 1. The second kappa shape index (κ2) is 9.42. The summed E-state index contributed by atoms with van der Waals surface area (Å²) in [6.07, 6.45) is 1.21. The molecule has 1 fully saturated rings. The fourth-order valence-corrected chi connectivity index (χ4v) is 3.57. The maximum atomic E-state index is 12.8. The van der Waals surface area contributed by atoms with Crippen molar-refractivity contribution in [1.82, 2.24) is 15.0 Å². The van der Waals surface area contributed by atoms with Crippen LogP contribution in [0.15, 0.2) is 59.1 Å². The maximum Gasteiger partial charge on any atom is 0.260 e. The zero-order valence-corrected chi connectivity index (χ0v) is 17.3. The van der Waals surface area contributed by atoms with E-state index in [1.807, 2.05) is 54.6 Å². The van der Waals surface area contributed by atoms with Gasteiger partial charge in [0.1, 0.15) is 5.75 Å². The summed E-state index contributed by atoms with van der Waals surface area (Å²) >= 11 is 0. The van der Waals surface area contributed by atoms with Gasteiger partial charge in [0.25, 0.3) is 5.91 Å². The van der Waals surface area contributed by atoms with Gasteiger partial charge >= 0.3 is 0 Å². The van der Waals surface area contributed by atoms with E-state index in [-0.39, 0.29) is 24.3 Å². The first-order valence-corrected chi connectivity index (χ1v) is 10.3. The molecule has 160 valence electrons. The first-order chi connectivity index (χ1) is 15.1. The number of likely N-dealkylation sites (tertiary alicyclic amines) is 1. The van der Waals surface area contributed by atoms with Crippen LogP contribution in [0.4, 0.5) is 5.69 Å². The summed E-state index contributed by atoms with van der Waals surface area (Å²) in [6.45, 7) is 2.78. The van der Waals surface area contributed by atoms with Crippen molar-refractivity contribution in [2.45, 2.75) is 19.8 Å². The van der Waals surface area contributed by atoms with Gasteiger partial charge in [-0.25, -0.2) is 0 Å². The number of amides is 2. The molecule has 1 aromatic heterocycles. The van der Waals surface area contributed by atoms with Crippen LogP contribution in [0.5, 0.6) is 5.75 Å². The van der Waals surface area contributed by atoms with Gasteiger partial charge in [-0.1, -0.05) is 35.5 Å². The fourth-order valence-electron chi connectivity index (χ4n) is 3.57. The number of nitrogens with zero attached hydrogens (tertiary/aromatic N) is 3. The fraction of sp³-hybridized carbons (Fsp3) is 0.304. The van der Waals surface area contributed by atoms with E-state index >= 15 is 0 Å². The van der Waals surface area contributed by atoms with Crippen LogP contribution in [0.25, 0.3) is 11.4 Å². The molecule has 2 amide bonds. The van der Waals surface area contributed by atoms with Crippen LogP contribution in [0.3, 0.4) is 0 Å². The van der Waals surface area contributed by atoms with E-state index in [1.165, 1.54) is 0 Å². The number of nitrogens with one attached hydrogen (secondary N) is 1. The molecule has 0 saturated carbocycles. The van der Waals surface area contributed by atoms with E-state index in [2.05, 4.69) is 15.5 Å². The third-order valence-corrected chi connectivity index (χ3v) is 5.28. The van der Waals surface area contributed by atoms with E-state index in [1.54, 1.807) is 11.8 Å². The van der Waals surface area contributed by atoms with Gasteiger partial charge in [0.2, 0.25) is 17.6 Å². The predicted molar refractivity (Wildman–Crippen MR) is 114 cm³/mol. The van der Waals surface area contributed by atoms with Crippen LogP contribution in [-0.4, -0.2) is 46.6 Å². The first kappa shape index (κ1) is 20.6. The van der Waals surface area contributed by atoms with Gasteiger partial charge in [0, 0.05) is 31.5 Å². The molecule has 0 atom stereocenters. The Hall–Kier alpha value is -3.68. The summed E-state index contributed by atoms with van der Waals surface area (Å²) in [5.74, 6) is 1.26. The number of anilines is 1. The summed E-state index contributed by atoms with van der Waals surface area (Å²) in [4.78, 5) is 31.3. The van der Waals surface area contributed by atoms with Gasteiger partial charge in [-0.15, -0.1) is 0 Å². The van der Waals surface area contributed by atoms with Crippen molar-refractivity contribution >= 4 is 17.5 Å². The van der Waals surface area contributed by atoms with E-state index in [0.717, 1.165) is 0 Å². The molecule has 4 rings (SSSR count). The van der Waals surface area contributed by atoms with Crippen LogP contribution < -0.4 is 10.1 Å². The lowest BCUT2D eigenvalue weighted by atomic mass is 9.95. The molecule has 0 spiro atoms. The molecule has 2 heterocycles. The molecule has 0 aliphatic carbocycles. The molecule has 2 aromatic carbocycles. The average Bonchev–Trinajstić information content (AvgIpc) is 3.24. The van der Waals surface area contributed by atoms with Crippen molar-refractivity contribution in [3.05, 3.63) is 60.5 Å². The zero-order chi connectivity index (χ0) is 21.6. The number of rotatable bonds is 6. The molecule has 1 N–H and O–H groups in total. The minimum atomic E-state index is -0.167. The third kappa shape index (κ3) is 5.09. The lowest BCUT2D eigenvalue weighted by molar-refractivity contribution is -0.136. The molecular formula is C23H24N4O4. The Balaban J connectivity index is 1.30. The van der Waals surface area contributed by atoms with Crippen LogP contribution in [0.2, 0.25) is 0 Å². The highest BCUT2D eigenvalue weighted by Gasteiger charge is 2.28. The van der Waals surface area contributed by atoms with E-state index < -0.39 is 0 Å². The second-order valence-electron chi connectivity index (χ2n) is 7.43. The Morgan fingerprint density at radius 2 is 1.81 bits per heavy atom. The number of carbonyl (C=O) groups is 2. The van der Waals surface area contributed by atoms with Gasteiger partial charge in [-0.2, -0.15) is 4.98 Å². The summed E-state index contributed by atoms with van der Waals surface area (Å²) in [5, 5.41) is 6.93. The number of carbonyl (C=O) groups excluding carboxylic acids is 2. The Morgan fingerprint density at radius 1 is 1.10 bits per heavy atom. The van der Waals surface area contributed by atoms with Gasteiger partial charge < -0.3 is 19.5 Å². The minimum Gasteiger partial charge on any atom is -0.484 e.